The third-order valence-electron chi connectivity index (χ3n) is 1.67. The van der Waals surface area contributed by atoms with Crippen LogP contribution in [-0.4, -0.2) is 19.8 Å². The maximum absolute atomic E-state index is 5.54. The summed E-state index contributed by atoms with van der Waals surface area (Å²) in [5.41, 5.74) is 5.54. The van der Waals surface area contributed by atoms with Crippen molar-refractivity contribution in [3.05, 3.63) is 0 Å². The molecule has 56 valence electrons. The van der Waals surface area contributed by atoms with Crippen LogP contribution in [0, 0.1) is 5.92 Å². The second kappa shape index (κ2) is 4.09. The lowest BCUT2D eigenvalue weighted by Crippen LogP contribution is -2.38. The van der Waals surface area contributed by atoms with Crippen LogP contribution in [0.5, 0.6) is 0 Å². The Morgan fingerprint density at radius 1 is 1.56 bits per heavy atom. The first-order chi connectivity index (χ1) is 3.83. The molecule has 1 aliphatic carbocycles. The summed E-state index contributed by atoms with van der Waals surface area (Å²) in [7, 11) is 1.74. The van der Waals surface area contributed by atoms with Gasteiger partial charge in [-0.25, -0.2) is 0 Å². The molecule has 2 nitrogen and oxygen atoms in total. The molecule has 0 aromatic carbocycles. The fraction of sp³-hybridized carbons (Fsp3) is 1.00. The smallest absolute Gasteiger partial charge is 0.0491 e. The van der Waals surface area contributed by atoms with E-state index in [1.54, 1.807) is 7.11 Å². The molecule has 1 aliphatic rings. The first-order valence-corrected chi connectivity index (χ1v) is 3.07. The molecule has 0 aromatic rings. The molecular formula is C6H14ClNO. The molecule has 0 amide bonds. The Kier molecular flexibility index (Phi) is 4.19. The zero-order chi connectivity index (χ0) is 5.98. The van der Waals surface area contributed by atoms with Gasteiger partial charge in [-0.3, -0.25) is 0 Å². The van der Waals surface area contributed by atoms with E-state index in [2.05, 4.69) is 0 Å². The number of rotatable bonds is 2. The molecule has 0 radical (unpaired) electrons. The minimum Gasteiger partial charge on any atom is -0.384 e. The van der Waals surface area contributed by atoms with E-state index in [4.69, 9.17) is 10.5 Å². The Morgan fingerprint density at radius 3 is 2.44 bits per heavy atom. The topological polar surface area (TPSA) is 35.2 Å². The van der Waals surface area contributed by atoms with Crippen molar-refractivity contribution in [2.45, 2.75) is 18.9 Å². The first kappa shape index (κ1) is 9.21. The van der Waals surface area contributed by atoms with E-state index in [1.807, 2.05) is 0 Å². The van der Waals surface area contributed by atoms with Gasteiger partial charge >= 0.3 is 0 Å². The van der Waals surface area contributed by atoms with Crippen LogP contribution in [0.1, 0.15) is 12.8 Å². The molecule has 0 bridgehead atoms. The summed E-state index contributed by atoms with van der Waals surface area (Å²) in [6, 6.07) is 0.468. The number of methoxy groups -OCH3 is 1. The van der Waals surface area contributed by atoms with E-state index in [0.29, 0.717) is 6.04 Å². The van der Waals surface area contributed by atoms with Crippen LogP contribution >= 0.6 is 12.4 Å². The van der Waals surface area contributed by atoms with Crippen molar-refractivity contribution < 1.29 is 4.74 Å². The van der Waals surface area contributed by atoms with Gasteiger partial charge in [-0.05, 0) is 18.8 Å². The van der Waals surface area contributed by atoms with Crippen molar-refractivity contribution in [3.63, 3.8) is 0 Å². The van der Waals surface area contributed by atoms with Crippen LogP contribution in [0.25, 0.3) is 0 Å². The quantitative estimate of drug-likeness (QED) is 0.634. The van der Waals surface area contributed by atoms with Gasteiger partial charge in [0.25, 0.3) is 0 Å². The summed E-state index contributed by atoms with van der Waals surface area (Å²) < 4.78 is 4.94. The molecule has 0 unspecified atom stereocenters. The van der Waals surface area contributed by atoms with Crippen LogP contribution in [0.4, 0.5) is 0 Å². The minimum atomic E-state index is 0. The van der Waals surface area contributed by atoms with Gasteiger partial charge in [0, 0.05) is 19.8 Å². The summed E-state index contributed by atoms with van der Waals surface area (Å²) in [6.45, 7) is 0.897. The van der Waals surface area contributed by atoms with Crippen LogP contribution in [0.2, 0.25) is 0 Å². The van der Waals surface area contributed by atoms with Crippen molar-refractivity contribution in [1.29, 1.82) is 0 Å². The van der Waals surface area contributed by atoms with Gasteiger partial charge in [0.05, 0.1) is 0 Å². The second-order valence-corrected chi connectivity index (χ2v) is 2.55. The van der Waals surface area contributed by atoms with E-state index >= 15 is 0 Å². The maximum atomic E-state index is 5.54. The molecule has 1 rings (SSSR count). The number of hydrogen-bond acceptors (Lipinski definition) is 2. The minimum absolute atomic E-state index is 0. The first-order valence-electron chi connectivity index (χ1n) is 3.07. The lowest BCUT2D eigenvalue weighted by Gasteiger charge is -2.31. The number of nitrogens with two attached hydrogens (primary N) is 1. The van der Waals surface area contributed by atoms with E-state index in [0.717, 1.165) is 25.4 Å². The highest BCUT2D eigenvalue weighted by atomic mass is 35.5. The Balaban J connectivity index is 0.000000640. The van der Waals surface area contributed by atoms with Gasteiger partial charge in [-0.15, -0.1) is 12.4 Å². The van der Waals surface area contributed by atoms with E-state index in [-0.39, 0.29) is 12.4 Å². The predicted molar refractivity (Wildman–Crippen MR) is 39.8 cm³/mol. The van der Waals surface area contributed by atoms with Gasteiger partial charge < -0.3 is 10.5 Å². The predicted octanol–water partition coefficient (Wildman–Crippen LogP) is 0.792. The second-order valence-electron chi connectivity index (χ2n) is 2.55. The molecule has 0 heterocycles. The standard InChI is InChI=1S/C6H13NO.ClH/c1-8-4-5-2-6(7)3-5;/h5-6H,2-4,7H2,1H3;1H/t5-,6+;. The molecule has 0 aliphatic heterocycles. The summed E-state index contributed by atoms with van der Waals surface area (Å²) in [4.78, 5) is 0. The Morgan fingerprint density at radius 2 is 2.11 bits per heavy atom. The van der Waals surface area contributed by atoms with Crippen molar-refractivity contribution in [2.75, 3.05) is 13.7 Å². The molecule has 0 spiro atoms. The normalized spacial score (nSPS) is 32.7. The summed E-state index contributed by atoms with van der Waals surface area (Å²) in [6.07, 6.45) is 2.32. The molecular weight excluding hydrogens is 138 g/mol. The van der Waals surface area contributed by atoms with Gasteiger partial charge in [0.15, 0.2) is 0 Å². The van der Waals surface area contributed by atoms with Gasteiger partial charge in [-0.1, -0.05) is 0 Å². The molecule has 3 heteroatoms. The third kappa shape index (κ3) is 2.52. The van der Waals surface area contributed by atoms with Gasteiger partial charge in [0.1, 0.15) is 0 Å². The summed E-state index contributed by atoms with van der Waals surface area (Å²) in [5.74, 6) is 0.759. The lowest BCUT2D eigenvalue weighted by molar-refractivity contribution is 0.0994. The molecule has 0 saturated heterocycles. The van der Waals surface area contributed by atoms with E-state index in [1.165, 1.54) is 0 Å². The zero-order valence-electron chi connectivity index (χ0n) is 5.67. The monoisotopic (exact) mass is 151 g/mol. The van der Waals surface area contributed by atoms with E-state index in [9.17, 15) is 0 Å². The van der Waals surface area contributed by atoms with Crippen molar-refractivity contribution in [1.82, 2.24) is 0 Å². The van der Waals surface area contributed by atoms with Gasteiger partial charge in [0.2, 0.25) is 0 Å². The van der Waals surface area contributed by atoms with Crippen molar-refractivity contribution >= 4 is 12.4 Å². The van der Waals surface area contributed by atoms with Crippen LogP contribution in [0.3, 0.4) is 0 Å². The SMILES string of the molecule is COC[C@H]1C[C@@H](N)C1.Cl. The van der Waals surface area contributed by atoms with Crippen molar-refractivity contribution in [2.24, 2.45) is 11.7 Å². The largest absolute Gasteiger partial charge is 0.384 e. The molecule has 1 fully saturated rings. The van der Waals surface area contributed by atoms with Crippen LogP contribution in [0.15, 0.2) is 0 Å². The fourth-order valence-corrected chi connectivity index (χ4v) is 1.16. The molecule has 2 N–H and O–H groups in total. The average molecular weight is 152 g/mol. The third-order valence-corrected chi connectivity index (χ3v) is 1.67. The van der Waals surface area contributed by atoms with Crippen LogP contribution < -0.4 is 5.73 Å². The Labute approximate surface area is 62.2 Å². The highest BCUT2D eigenvalue weighted by molar-refractivity contribution is 5.85. The number of hydrogen-bond donors (Lipinski definition) is 1. The van der Waals surface area contributed by atoms with Crippen molar-refractivity contribution in [3.8, 4) is 0 Å². The van der Waals surface area contributed by atoms with Gasteiger partial charge in [-0.2, -0.15) is 0 Å². The fourth-order valence-electron chi connectivity index (χ4n) is 1.16. The molecule has 0 aromatic heterocycles. The molecule has 0 atom stereocenters. The van der Waals surface area contributed by atoms with Crippen LogP contribution in [-0.2, 0) is 4.74 Å². The zero-order valence-corrected chi connectivity index (χ0v) is 6.49. The average Bonchev–Trinajstić information content (AvgIpc) is 1.64. The van der Waals surface area contributed by atoms with E-state index < -0.39 is 0 Å². The Bertz CT molecular complexity index is 70.7. The highest BCUT2D eigenvalue weighted by Gasteiger charge is 2.24. The molecule has 1 saturated carbocycles. The number of ether oxygens (including phenoxy) is 1. The number of halogens is 1. The maximum Gasteiger partial charge on any atom is 0.0491 e. The lowest BCUT2D eigenvalue weighted by atomic mass is 9.82. The highest BCUT2D eigenvalue weighted by Crippen LogP contribution is 2.24. The molecule has 9 heavy (non-hydrogen) atoms. The summed E-state index contributed by atoms with van der Waals surface area (Å²) in [5, 5.41) is 0. The Hall–Kier alpha value is 0.210. The summed E-state index contributed by atoms with van der Waals surface area (Å²) >= 11 is 0.